The number of benzene rings is 1. The fraction of sp³-hybridized carbons (Fsp3) is 0.647. The summed E-state index contributed by atoms with van der Waals surface area (Å²) in [6.07, 6.45) is 2.46. The highest BCUT2D eigenvalue weighted by Gasteiger charge is 2.29. The summed E-state index contributed by atoms with van der Waals surface area (Å²) in [5.41, 5.74) is 2.25. The second-order valence-corrected chi connectivity index (χ2v) is 7.32. The van der Waals surface area contributed by atoms with Gasteiger partial charge in [0.2, 0.25) is 0 Å². The van der Waals surface area contributed by atoms with Crippen LogP contribution in [0.3, 0.4) is 0 Å². The molecule has 1 unspecified atom stereocenters. The molecule has 0 N–H and O–H groups in total. The Bertz CT molecular complexity index is 327. The highest BCUT2D eigenvalue weighted by atomic mass is 14.3. The summed E-state index contributed by atoms with van der Waals surface area (Å²) in [5.74, 6) is 0.739. The molecule has 1 aromatic carbocycles. The first-order valence-electron chi connectivity index (χ1n) is 6.75. The molecule has 17 heavy (non-hydrogen) atoms. The van der Waals surface area contributed by atoms with E-state index in [1.807, 2.05) is 0 Å². The Balaban J connectivity index is 2.68. The molecule has 0 aliphatic heterocycles. The zero-order chi connectivity index (χ0) is 13.1. The first-order chi connectivity index (χ1) is 7.71. The van der Waals surface area contributed by atoms with E-state index in [0.717, 1.165) is 5.92 Å². The van der Waals surface area contributed by atoms with Crippen LogP contribution in [0.15, 0.2) is 30.3 Å². The van der Waals surface area contributed by atoms with Crippen LogP contribution in [-0.4, -0.2) is 0 Å². The predicted octanol–water partition coefficient (Wildman–Crippen LogP) is 5.33. The van der Waals surface area contributed by atoms with E-state index in [4.69, 9.17) is 0 Å². The molecule has 0 heterocycles. The van der Waals surface area contributed by atoms with Crippen LogP contribution in [0.4, 0.5) is 0 Å². The van der Waals surface area contributed by atoms with Crippen LogP contribution < -0.4 is 0 Å². The minimum atomic E-state index is 0.370. The first kappa shape index (κ1) is 14.3. The van der Waals surface area contributed by atoms with Gasteiger partial charge in [0.1, 0.15) is 0 Å². The summed E-state index contributed by atoms with van der Waals surface area (Å²) in [7, 11) is 0. The van der Waals surface area contributed by atoms with Gasteiger partial charge in [-0.2, -0.15) is 0 Å². The number of hydrogen-bond acceptors (Lipinski definition) is 0. The molecule has 0 saturated heterocycles. The Kier molecular flexibility index (Phi) is 4.41. The minimum absolute atomic E-state index is 0.370. The van der Waals surface area contributed by atoms with Gasteiger partial charge >= 0.3 is 0 Å². The molecule has 0 bridgehead atoms. The zero-order valence-electron chi connectivity index (χ0n) is 12.4. The fourth-order valence-electron chi connectivity index (χ4n) is 2.49. The van der Waals surface area contributed by atoms with Crippen LogP contribution in [0.5, 0.6) is 0 Å². The van der Waals surface area contributed by atoms with Crippen LogP contribution in [0, 0.1) is 16.7 Å². The van der Waals surface area contributed by atoms with Gasteiger partial charge in [0.05, 0.1) is 0 Å². The van der Waals surface area contributed by atoms with Crippen LogP contribution in [0.25, 0.3) is 0 Å². The van der Waals surface area contributed by atoms with E-state index in [-0.39, 0.29) is 0 Å². The summed E-state index contributed by atoms with van der Waals surface area (Å²) in [4.78, 5) is 0. The van der Waals surface area contributed by atoms with Crippen molar-refractivity contribution in [1.29, 1.82) is 0 Å². The van der Waals surface area contributed by atoms with Gasteiger partial charge in [-0.1, -0.05) is 71.9 Å². The lowest BCUT2D eigenvalue weighted by atomic mass is 9.69. The Morgan fingerprint density at radius 2 is 1.47 bits per heavy atom. The molecule has 0 nitrogen and oxygen atoms in total. The van der Waals surface area contributed by atoms with Crippen molar-refractivity contribution in [3.63, 3.8) is 0 Å². The summed E-state index contributed by atoms with van der Waals surface area (Å²) < 4.78 is 0. The van der Waals surface area contributed by atoms with Gasteiger partial charge in [-0.3, -0.25) is 0 Å². The predicted molar refractivity (Wildman–Crippen MR) is 77.2 cm³/mol. The Hall–Kier alpha value is -0.780. The van der Waals surface area contributed by atoms with Gasteiger partial charge in [0.25, 0.3) is 0 Å². The van der Waals surface area contributed by atoms with Gasteiger partial charge in [0.15, 0.2) is 0 Å². The first-order valence-corrected chi connectivity index (χ1v) is 6.75. The van der Waals surface area contributed by atoms with Crippen molar-refractivity contribution in [2.24, 2.45) is 16.7 Å². The summed E-state index contributed by atoms with van der Waals surface area (Å²) in [6.45, 7) is 14.2. The van der Waals surface area contributed by atoms with E-state index in [1.54, 1.807) is 0 Å². The van der Waals surface area contributed by atoms with E-state index >= 15 is 0 Å². The molecule has 0 spiro atoms. The maximum Gasteiger partial charge on any atom is -0.0225 e. The number of rotatable bonds is 4. The molecule has 1 atom stereocenters. The molecule has 0 fully saturated rings. The average molecular weight is 232 g/mol. The maximum absolute atomic E-state index is 2.40. The van der Waals surface area contributed by atoms with E-state index in [9.17, 15) is 0 Å². The van der Waals surface area contributed by atoms with Gasteiger partial charge < -0.3 is 0 Å². The standard InChI is InChI=1S/C17H28/c1-14(12-16(2,3)4)17(5,6)13-15-10-8-7-9-11-15/h7-11,14H,12-13H2,1-6H3. The molecule has 0 aromatic heterocycles. The highest BCUT2D eigenvalue weighted by molar-refractivity contribution is 5.16. The van der Waals surface area contributed by atoms with Gasteiger partial charge in [-0.05, 0) is 35.2 Å². The van der Waals surface area contributed by atoms with E-state index < -0.39 is 0 Å². The third-order valence-corrected chi connectivity index (χ3v) is 3.76. The molecule has 0 aliphatic carbocycles. The largest absolute Gasteiger partial charge is 0.0622 e. The topological polar surface area (TPSA) is 0 Å². The van der Waals surface area contributed by atoms with Crippen LogP contribution in [0.2, 0.25) is 0 Å². The minimum Gasteiger partial charge on any atom is -0.0622 e. The van der Waals surface area contributed by atoms with Gasteiger partial charge in [-0.25, -0.2) is 0 Å². The fourth-order valence-corrected chi connectivity index (χ4v) is 2.49. The van der Waals surface area contributed by atoms with Crippen molar-refractivity contribution in [3.8, 4) is 0 Å². The smallest absolute Gasteiger partial charge is 0.0225 e. The van der Waals surface area contributed by atoms with Crippen LogP contribution in [-0.2, 0) is 6.42 Å². The van der Waals surface area contributed by atoms with Crippen molar-refractivity contribution in [1.82, 2.24) is 0 Å². The highest BCUT2D eigenvalue weighted by Crippen LogP contribution is 2.38. The average Bonchev–Trinajstić information content (AvgIpc) is 2.15. The second-order valence-electron chi connectivity index (χ2n) is 7.32. The Morgan fingerprint density at radius 1 is 0.941 bits per heavy atom. The van der Waals surface area contributed by atoms with Crippen molar-refractivity contribution >= 4 is 0 Å². The molecular formula is C17H28. The normalized spacial score (nSPS) is 14.7. The molecule has 0 saturated carbocycles. The van der Waals surface area contributed by atoms with Crippen molar-refractivity contribution in [2.45, 2.75) is 54.4 Å². The van der Waals surface area contributed by atoms with E-state index in [2.05, 4.69) is 71.9 Å². The second kappa shape index (κ2) is 5.25. The van der Waals surface area contributed by atoms with Crippen molar-refractivity contribution in [3.05, 3.63) is 35.9 Å². The van der Waals surface area contributed by atoms with Gasteiger partial charge in [0, 0.05) is 0 Å². The number of hydrogen-bond donors (Lipinski definition) is 0. The SMILES string of the molecule is CC(CC(C)(C)C)C(C)(C)Cc1ccccc1. The Morgan fingerprint density at radius 3 is 1.94 bits per heavy atom. The lowest BCUT2D eigenvalue weighted by Gasteiger charge is -2.36. The summed E-state index contributed by atoms with van der Waals surface area (Å²) >= 11 is 0. The monoisotopic (exact) mass is 232 g/mol. The molecular weight excluding hydrogens is 204 g/mol. The molecule has 0 heteroatoms. The summed E-state index contributed by atoms with van der Waals surface area (Å²) in [5, 5.41) is 0. The Labute approximate surface area is 107 Å². The molecule has 1 rings (SSSR count). The zero-order valence-corrected chi connectivity index (χ0v) is 12.4. The summed E-state index contributed by atoms with van der Waals surface area (Å²) in [6, 6.07) is 10.9. The van der Waals surface area contributed by atoms with E-state index in [1.165, 1.54) is 18.4 Å². The van der Waals surface area contributed by atoms with Crippen LogP contribution in [0.1, 0.15) is 53.5 Å². The van der Waals surface area contributed by atoms with Crippen LogP contribution >= 0.6 is 0 Å². The lowest BCUT2D eigenvalue weighted by Crippen LogP contribution is -2.28. The van der Waals surface area contributed by atoms with Crippen molar-refractivity contribution in [2.75, 3.05) is 0 Å². The quantitative estimate of drug-likeness (QED) is 0.658. The molecule has 0 radical (unpaired) electrons. The maximum atomic E-state index is 2.40. The van der Waals surface area contributed by atoms with Gasteiger partial charge in [-0.15, -0.1) is 0 Å². The molecule has 0 aliphatic rings. The third kappa shape index (κ3) is 4.93. The molecule has 0 amide bonds. The van der Waals surface area contributed by atoms with E-state index in [0.29, 0.717) is 10.8 Å². The van der Waals surface area contributed by atoms with Crippen molar-refractivity contribution < 1.29 is 0 Å². The molecule has 1 aromatic rings. The third-order valence-electron chi connectivity index (χ3n) is 3.76. The lowest BCUT2D eigenvalue weighted by molar-refractivity contribution is 0.162. The molecule has 96 valence electrons.